The minimum atomic E-state index is 0.406. The molecule has 90 valence electrons. The molecule has 1 fully saturated rings. The van der Waals surface area contributed by atoms with Gasteiger partial charge in [-0.05, 0) is 30.2 Å². The summed E-state index contributed by atoms with van der Waals surface area (Å²) in [7, 11) is 0. The highest BCUT2D eigenvalue weighted by molar-refractivity contribution is 6.17. The summed E-state index contributed by atoms with van der Waals surface area (Å²) in [4.78, 5) is 0. The van der Waals surface area contributed by atoms with Crippen molar-refractivity contribution in [2.24, 2.45) is 0 Å². The summed E-state index contributed by atoms with van der Waals surface area (Å²) in [6.07, 6.45) is 6.52. The molecule has 2 rings (SSSR count). The molecular formula is C15H23Cl. The fraction of sp³-hybridized carbons (Fsp3) is 0.600. The lowest BCUT2D eigenvalue weighted by atomic mass is 9.77. The fourth-order valence-electron chi connectivity index (χ4n) is 2.71. The molecule has 0 spiro atoms. The Balaban J connectivity index is 0.000000606. The highest BCUT2D eigenvalue weighted by Crippen LogP contribution is 2.43. The Morgan fingerprint density at radius 3 is 2.12 bits per heavy atom. The predicted molar refractivity (Wildman–Crippen MR) is 73.3 cm³/mol. The van der Waals surface area contributed by atoms with Crippen molar-refractivity contribution in [2.75, 3.05) is 5.88 Å². The van der Waals surface area contributed by atoms with Crippen molar-refractivity contribution in [3.63, 3.8) is 0 Å². The number of hydrogen-bond acceptors (Lipinski definition) is 0. The van der Waals surface area contributed by atoms with Gasteiger partial charge >= 0.3 is 0 Å². The van der Waals surface area contributed by atoms with Crippen molar-refractivity contribution in [1.29, 1.82) is 0 Å². The quantitative estimate of drug-likeness (QED) is 0.639. The topological polar surface area (TPSA) is 0 Å². The van der Waals surface area contributed by atoms with E-state index in [2.05, 4.69) is 30.3 Å². The number of halogens is 1. The van der Waals surface area contributed by atoms with E-state index in [9.17, 15) is 0 Å². The van der Waals surface area contributed by atoms with Crippen molar-refractivity contribution >= 4 is 11.6 Å². The first-order valence-electron chi connectivity index (χ1n) is 6.49. The monoisotopic (exact) mass is 238 g/mol. The van der Waals surface area contributed by atoms with E-state index in [4.69, 9.17) is 11.6 Å². The normalized spacial score (nSPS) is 17.7. The average molecular weight is 239 g/mol. The Morgan fingerprint density at radius 2 is 1.62 bits per heavy atom. The molecule has 1 heteroatoms. The molecule has 0 N–H and O–H groups in total. The molecule has 0 amide bonds. The van der Waals surface area contributed by atoms with Gasteiger partial charge in [-0.25, -0.2) is 0 Å². The summed E-state index contributed by atoms with van der Waals surface area (Å²) < 4.78 is 0. The molecule has 0 unspecified atom stereocenters. The summed E-state index contributed by atoms with van der Waals surface area (Å²) >= 11 is 5.92. The minimum absolute atomic E-state index is 0.406. The molecule has 0 radical (unpaired) electrons. The zero-order valence-corrected chi connectivity index (χ0v) is 11.3. The zero-order valence-electron chi connectivity index (χ0n) is 10.5. The van der Waals surface area contributed by atoms with Crippen LogP contribution in [-0.4, -0.2) is 5.88 Å². The number of rotatable bonds is 3. The lowest BCUT2D eigenvalue weighted by Gasteiger charge is -2.28. The van der Waals surface area contributed by atoms with E-state index in [-0.39, 0.29) is 0 Å². The van der Waals surface area contributed by atoms with Gasteiger partial charge in [0.2, 0.25) is 0 Å². The van der Waals surface area contributed by atoms with Crippen LogP contribution >= 0.6 is 11.6 Å². The molecule has 0 aromatic heterocycles. The number of benzene rings is 1. The van der Waals surface area contributed by atoms with Gasteiger partial charge in [-0.15, -0.1) is 11.6 Å². The maximum absolute atomic E-state index is 5.92. The van der Waals surface area contributed by atoms with Crippen molar-refractivity contribution in [2.45, 2.75) is 51.4 Å². The van der Waals surface area contributed by atoms with Gasteiger partial charge in [0.25, 0.3) is 0 Å². The van der Waals surface area contributed by atoms with E-state index in [0.717, 1.165) is 12.3 Å². The van der Waals surface area contributed by atoms with E-state index >= 15 is 0 Å². The Labute approximate surface area is 105 Å². The van der Waals surface area contributed by atoms with Crippen LogP contribution in [0.2, 0.25) is 0 Å². The second-order valence-electron chi connectivity index (χ2n) is 4.29. The summed E-state index contributed by atoms with van der Waals surface area (Å²) in [5.41, 5.74) is 1.90. The van der Waals surface area contributed by atoms with Gasteiger partial charge in [-0.3, -0.25) is 0 Å². The van der Waals surface area contributed by atoms with Crippen LogP contribution in [0, 0.1) is 0 Å². The van der Waals surface area contributed by atoms with E-state index in [0.29, 0.717) is 5.41 Å². The van der Waals surface area contributed by atoms with Crippen molar-refractivity contribution in [1.82, 2.24) is 0 Å². The van der Waals surface area contributed by atoms with Gasteiger partial charge in [0, 0.05) is 5.88 Å². The largest absolute Gasteiger partial charge is 0.127 e. The van der Waals surface area contributed by atoms with Crippen molar-refractivity contribution in [3.05, 3.63) is 35.9 Å². The third-order valence-corrected chi connectivity index (χ3v) is 3.71. The highest BCUT2D eigenvalue weighted by atomic mass is 35.5. The smallest absolute Gasteiger partial charge is 0.0231 e. The molecule has 0 heterocycles. The molecule has 0 atom stereocenters. The lowest BCUT2D eigenvalue weighted by Crippen LogP contribution is -2.22. The first kappa shape index (κ1) is 13.6. The van der Waals surface area contributed by atoms with Crippen molar-refractivity contribution in [3.8, 4) is 0 Å². The zero-order chi connectivity index (χ0) is 11.9. The number of alkyl halides is 1. The maximum Gasteiger partial charge on any atom is 0.0231 e. The first-order valence-corrected chi connectivity index (χ1v) is 7.02. The Bertz CT molecular complexity index is 273. The van der Waals surface area contributed by atoms with E-state index in [1.165, 1.54) is 31.2 Å². The van der Waals surface area contributed by atoms with E-state index in [1.807, 2.05) is 13.8 Å². The van der Waals surface area contributed by atoms with Crippen LogP contribution in [0.25, 0.3) is 0 Å². The van der Waals surface area contributed by atoms with Crippen LogP contribution in [0.5, 0.6) is 0 Å². The summed E-state index contributed by atoms with van der Waals surface area (Å²) in [5, 5.41) is 0. The first-order chi connectivity index (χ1) is 7.87. The van der Waals surface area contributed by atoms with Gasteiger partial charge < -0.3 is 0 Å². The van der Waals surface area contributed by atoms with E-state index < -0.39 is 0 Å². The van der Waals surface area contributed by atoms with Crippen LogP contribution in [0.3, 0.4) is 0 Å². The molecule has 0 aliphatic heterocycles. The predicted octanol–water partition coefficient (Wildman–Crippen LogP) is 5.15. The summed E-state index contributed by atoms with van der Waals surface area (Å²) in [5.74, 6) is 0.787. The Kier molecular flexibility index (Phi) is 5.90. The van der Waals surface area contributed by atoms with E-state index in [1.54, 1.807) is 0 Å². The molecule has 1 aromatic carbocycles. The Hall–Kier alpha value is -0.490. The molecule has 16 heavy (non-hydrogen) atoms. The van der Waals surface area contributed by atoms with Crippen LogP contribution < -0.4 is 0 Å². The van der Waals surface area contributed by atoms with Crippen molar-refractivity contribution < 1.29 is 0 Å². The molecule has 1 aromatic rings. The number of hydrogen-bond donors (Lipinski definition) is 0. The third-order valence-electron chi connectivity index (χ3n) is 3.52. The van der Waals surface area contributed by atoms with Gasteiger partial charge in [0.15, 0.2) is 0 Å². The maximum atomic E-state index is 5.92. The third kappa shape index (κ3) is 3.01. The molecule has 0 bridgehead atoms. The SMILES string of the molecule is CC.ClCCC1(c2ccccc2)CCCC1. The minimum Gasteiger partial charge on any atom is -0.127 e. The Morgan fingerprint density at radius 1 is 1.06 bits per heavy atom. The molecular weight excluding hydrogens is 216 g/mol. The van der Waals surface area contributed by atoms with Gasteiger partial charge in [-0.2, -0.15) is 0 Å². The van der Waals surface area contributed by atoms with Crippen LogP contribution in [0.1, 0.15) is 51.5 Å². The second kappa shape index (κ2) is 6.96. The highest BCUT2D eigenvalue weighted by Gasteiger charge is 2.34. The molecule has 1 saturated carbocycles. The van der Waals surface area contributed by atoms with Crippen LogP contribution in [0.4, 0.5) is 0 Å². The molecule has 1 aliphatic carbocycles. The average Bonchev–Trinajstić information content (AvgIpc) is 2.83. The summed E-state index contributed by atoms with van der Waals surface area (Å²) in [6.45, 7) is 4.00. The standard InChI is InChI=1S/C13H17Cl.C2H6/c14-11-10-13(8-4-5-9-13)12-6-2-1-3-7-12;1-2/h1-3,6-7H,4-5,8-11H2;1-2H3. The summed E-state index contributed by atoms with van der Waals surface area (Å²) in [6, 6.07) is 10.9. The molecule has 0 saturated heterocycles. The lowest BCUT2D eigenvalue weighted by molar-refractivity contribution is 0.427. The van der Waals surface area contributed by atoms with Crippen LogP contribution in [0.15, 0.2) is 30.3 Å². The van der Waals surface area contributed by atoms with Crippen LogP contribution in [-0.2, 0) is 5.41 Å². The van der Waals surface area contributed by atoms with Gasteiger partial charge in [-0.1, -0.05) is 57.0 Å². The molecule has 0 nitrogen and oxygen atoms in total. The molecule has 1 aliphatic rings. The fourth-order valence-corrected chi connectivity index (χ4v) is 3.07. The van der Waals surface area contributed by atoms with Gasteiger partial charge in [0.1, 0.15) is 0 Å². The second-order valence-corrected chi connectivity index (χ2v) is 4.67. The van der Waals surface area contributed by atoms with Gasteiger partial charge in [0.05, 0.1) is 0 Å².